The summed E-state index contributed by atoms with van der Waals surface area (Å²) in [6.45, 7) is 2.02. The van der Waals surface area contributed by atoms with Crippen LogP contribution in [0.2, 0.25) is 0 Å². The molecule has 0 aliphatic heterocycles. The molecule has 1 unspecified atom stereocenters. The third kappa shape index (κ3) is 2.72. The van der Waals surface area contributed by atoms with Gasteiger partial charge in [0.15, 0.2) is 0 Å². The van der Waals surface area contributed by atoms with Crippen molar-refractivity contribution in [3.63, 3.8) is 0 Å². The molecule has 126 valence electrons. The molecule has 4 saturated carbocycles. The molecule has 5 heteroatoms. The fraction of sp³-hybridized carbons (Fsp3) is 0.667. The van der Waals surface area contributed by atoms with Gasteiger partial charge in [-0.1, -0.05) is 0 Å². The smallest absolute Gasteiger partial charge is 0.208 e. The summed E-state index contributed by atoms with van der Waals surface area (Å²) in [5, 5.41) is 0. The lowest BCUT2D eigenvalue weighted by Crippen LogP contribution is -2.55. The van der Waals surface area contributed by atoms with Crippen LogP contribution in [0.5, 0.6) is 0 Å². The molecule has 0 radical (unpaired) electrons. The largest absolute Gasteiger partial charge is 0.240 e. The predicted molar refractivity (Wildman–Crippen MR) is 86.8 cm³/mol. The van der Waals surface area contributed by atoms with Gasteiger partial charge >= 0.3 is 0 Å². The molecule has 1 aromatic carbocycles. The van der Waals surface area contributed by atoms with Gasteiger partial charge in [-0.3, -0.25) is 0 Å². The fourth-order valence-electron chi connectivity index (χ4n) is 5.75. The molecule has 4 bridgehead atoms. The van der Waals surface area contributed by atoms with E-state index < -0.39 is 15.8 Å². The quantitative estimate of drug-likeness (QED) is 0.910. The van der Waals surface area contributed by atoms with Gasteiger partial charge in [-0.25, -0.2) is 17.5 Å². The number of hydrogen-bond donors (Lipinski definition) is 1. The average molecular weight is 337 g/mol. The van der Waals surface area contributed by atoms with E-state index in [0.717, 1.165) is 37.0 Å². The highest BCUT2D eigenvalue weighted by molar-refractivity contribution is 7.89. The zero-order valence-electron chi connectivity index (χ0n) is 13.5. The van der Waals surface area contributed by atoms with Crippen LogP contribution < -0.4 is 4.72 Å². The Bertz CT molecular complexity index is 663. The minimum absolute atomic E-state index is 0.0639. The first-order valence-electron chi connectivity index (χ1n) is 8.64. The Morgan fingerprint density at radius 1 is 1.04 bits per heavy atom. The number of hydrogen-bond acceptors (Lipinski definition) is 2. The summed E-state index contributed by atoms with van der Waals surface area (Å²) in [6, 6.07) is 5.01. The summed E-state index contributed by atoms with van der Waals surface area (Å²) < 4.78 is 41.2. The summed E-state index contributed by atoms with van der Waals surface area (Å²) in [4.78, 5) is 0.149. The Balaban J connectivity index is 1.55. The van der Waals surface area contributed by atoms with Gasteiger partial charge in [0.1, 0.15) is 5.82 Å². The molecule has 0 heterocycles. The van der Waals surface area contributed by atoms with E-state index in [0.29, 0.717) is 0 Å². The van der Waals surface area contributed by atoms with Gasteiger partial charge in [0.2, 0.25) is 10.0 Å². The van der Waals surface area contributed by atoms with Crippen molar-refractivity contribution in [2.45, 2.75) is 56.4 Å². The van der Waals surface area contributed by atoms with E-state index in [2.05, 4.69) is 4.72 Å². The third-order valence-electron chi connectivity index (χ3n) is 6.46. The average Bonchev–Trinajstić information content (AvgIpc) is 2.45. The maximum Gasteiger partial charge on any atom is 0.240 e. The van der Waals surface area contributed by atoms with Crippen LogP contribution in [-0.4, -0.2) is 14.5 Å². The van der Waals surface area contributed by atoms with Crippen LogP contribution in [0, 0.1) is 29.0 Å². The Morgan fingerprint density at radius 2 is 1.52 bits per heavy atom. The van der Waals surface area contributed by atoms with Crippen molar-refractivity contribution in [1.82, 2.24) is 4.72 Å². The highest BCUT2D eigenvalue weighted by Crippen LogP contribution is 2.61. The Morgan fingerprint density at radius 3 is 2.00 bits per heavy atom. The number of halogens is 1. The Kier molecular flexibility index (Phi) is 3.58. The van der Waals surface area contributed by atoms with Crippen LogP contribution in [0.15, 0.2) is 29.2 Å². The van der Waals surface area contributed by atoms with Crippen LogP contribution in [0.1, 0.15) is 45.4 Å². The van der Waals surface area contributed by atoms with E-state index in [1.54, 1.807) is 0 Å². The molecule has 1 aromatic rings. The van der Waals surface area contributed by atoms with Crippen LogP contribution in [0.4, 0.5) is 4.39 Å². The second-order valence-electron chi connectivity index (χ2n) is 8.08. The lowest BCUT2D eigenvalue weighted by Gasteiger charge is -2.59. The summed E-state index contributed by atoms with van der Waals surface area (Å²) in [5.41, 5.74) is 0.127. The zero-order valence-corrected chi connectivity index (χ0v) is 14.3. The van der Waals surface area contributed by atoms with Gasteiger partial charge in [-0.05, 0) is 92.9 Å². The van der Waals surface area contributed by atoms with Gasteiger partial charge in [0.25, 0.3) is 0 Å². The molecule has 4 aliphatic carbocycles. The van der Waals surface area contributed by atoms with Crippen molar-refractivity contribution in [3.05, 3.63) is 30.1 Å². The Labute approximate surface area is 137 Å². The molecule has 0 aromatic heterocycles. The monoisotopic (exact) mass is 337 g/mol. The van der Waals surface area contributed by atoms with Crippen LogP contribution in [-0.2, 0) is 10.0 Å². The Hall–Kier alpha value is -0.940. The van der Waals surface area contributed by atoms with Crippen molar-refractivity contribution in [2.24, 2.45) is 23.2 Å². The minimum Gasteiger partial charge on any atom is -0.208 e. The highest BCUT2D eigenvalue weighted by atomic mass is 32.2. The normalized spacial score (nSPS) is 37.0. The molecule has 5 rings (SSSR count). The molecular formula is C18H24FNO2S. The van der Waals surface area contributed by atoms with Crippen molar-refractivity contribution in [2.75, 3.05) is 0 Å². The van der Waals surface area contributed by atoms with Crippen molar-refractivity contribution in [3.8, 4) is 0 Å². The molecule has 1 N–H and O–H groups in total. The molecule has 0 amide bonds. The van der Waals surface area contributed by atoms with Gasteiger partial charge in [0.05, 0.1) is 4.90 Å². The van der Waals surface area contributed by atoms with Crippen LogP contribution >= 0.6 is 0 Å². The van der Waals surface area contributed by atoms with E-state index >= 15 is 0 Å². The number of rotatable bonds is 4. The molecule has 4 aliphatic rings. The van der Waals surface area contributed by atoms with E-state index in [9.17, 15) is 12.8 Å². The van der Waals surface area contributed by atoms with Gasteiger partial charge in [-0.15, -0.1) is 0 Å². The fourth-order valence-corrected chi connectivity index (χ4v) is 7.09. The first kappa shape index (κ1) is 15.6. The second-order valence-corrected chi connectivity index (χ2v) is 9.79. The number of benzene rings is 1. The van der Waals surface area contributed by atoms with E-state index in [1.807, 2.05) is 6.92 Å². The topological polar surface area (TPSA) is 46.2 Å². The number of nitrogens with one attached hydrogen (secondary N) is 1. The van der Waals surface area contributed by atoms with Crippen LogP contribution in [0.3, 0.4) is 0 Å². The molecule has 1 atom stereocenters. The van der Waals surface area contributed by atoms with Crippen molar-refractivity contribution < 1.29 is 12.8 Å². The van der Waals surface area contributed by atoms with Gasteiger partial charge in [0, 0.05) is 6.04 Å². The van der Waals surface area contributed by atoms with Crippen molar-refractivity contribution in [1.29, 1.82) is 0 Å². The first-order valence-corrected chi connectivity index (χ1v) is 10.1. The molecule has 3 nitrogen and oxygen atoms in total. The minimum atomic E-state index is -3.59. The molecule has 23 heavy (non-hydrogen) atoms. The summed E-state index contributed by atoms with van der Waals surface area (Å²) in [7, 11) is -3.59. The van der Waals surface area contributed by atoms with Crippen molar-refractivity contribution >= 4 is 10.0 Å². The van der Waals surface area contributed by atoms with Crippen LogP contribution in [0.25, 0.3) is 0 Å². The molecule has 0 spiro atoms. The maximum absolute atomic E-state index is 13.0. The standard InChI is InChI=1S/C18H24FNO2S/c1-12(20-23(21,22)17-4-2-16(19)3-5-17)18-9-13-6-14(10-18)8-15(7-13)11-18/h2-5,12-15,20H,6-11H2,1H3. The maximum atomic E-state index is 13.0. The third-order valence-corrected chi connectivity index (χ3v) is 8.02. The molecule has 4 fully saturated rings. The summed E-state index contributed by atoms with van der Waals surface area (Å²) in [5.74, 6) is 1.95. The highest BCUT2D eigenvalue weighted by Gasteiger charge is 2.53. The summed E-state index contributed by atoms with van der Waals surface area (Å²) >= 11 is 0. The molecular weight excluding hydrogens is 313 g/mol. The van der Waals surface area contributed by atoms with E-state index in [1.165, 1.54) is 43.5 Å². The van der Waals surface area contributed by atoms with E-state index in [4.69, 9.17) is 0 Å². The van der Waals surface area contributed by atoms with Gasteiger partial charge in [-0.2, -0.15) is 0 Å². The zero-order chi connectivity index (χ0) is 16.2. The molecule has 0 saturated heterocycles. The van der Waals surface area contributed by atoms with E-state index in [-0.39, 0.29) is 16.4 Å². The number of sulfonamides is 1. The van der Waals surface area contributed by atoms with Gasteiger partial charge < -0.3 is 0 Å². The first-order chi connectivity index (χ1) is 10.9. The predicted octanol–water partition coefficient (Wildman–Crippen LogP) is 3.71. The SMILES string of the molecule is CC(NS(=O)(=O)c1ccc(F)cc1)C12CC3CC(CC(C3)C1)C2. The lowest BCUT2D eigenvalue weighted by atomic mass is 9.48. The summed E-state index contributed by atoms with van der Waals surface area (Å²) in [6.07, 6.45) is 7.51. The second kappa shape index (κ2) is 5.28. The lowest BCUT2D eigenvalue weighted by molar-refractivity contribution is -0.0666.